The fourth-order valence-electron chi connectivity index (χ4n) is 2.38. The smallest absolute Gasteiger partial charge is 0.0511 e. The van der Waals surface area contributed by atoms with Crippen LogP contribution in [0.15, 0.2) is 28.7 Å². The average molecular weight is 297 g/mol. The molecule has 0 atom stereocenters. The fraction of sp³-hybridized carbons (Fsp3) is 0.571. The zero-order chi connectivity index (χ0) is 12.3. The Kier molecular flexibility index (Phi) is 4.10. The van der Waals surface area contributed by atoms with Gasteiger partial charge in [0.25, 0.3) is 0 Å². The summed E-state index contributed by atoms with van der Waals surface area (Å²) in [5, 5.41) is 3.62. The van der Waals surface area contributed by atoms with Crippen molar-refractivity contribution in [1.82, 2.24) is 5.32 Å². The predicted molar refractivity (Wildman–Crippen MR) is 77.7 cm³/mol. The molecule has 2 rings (SSSR count). The van der Waals surface area contributed by atoms with Crippen molar-refractivity contribution < 1.29 is 0 Å². The largest absolute Gasteiger partial charge is 0.369 e. The number of rotatable bonds is 1. The van der Waals surface area contributed by atoms with Gasteiger partial charge in [-0.25, -0.2) is 0 Å². The third-order valence-corrected chi connectivity index (χ3v) is 3.91. The molecule has 0 aromatic heterocycles. The van der Waals surface area contributed by atoms with Crippen LogP contribution in [0.3, 0.4) is 0 Å². The van der Waals surface area contributed by atoms with Crippen molar-refractivity contribution in [3.05, 3.63) is 28.7 Å². The Labute approximate surface area is 113 Å². The molecule has 0 saturated carbocycles. The summed E-state index contributed by atoms with van der Waals surface area (Å²) in [6, 6.07) is 8.50. The van der Waals surface area contributed by atoms with E-state index in [0.717, 1.165) is 19.6 Å². The summed E-state index contributed by atoms with van der Waals surface area (Å²) >= 11 is 3.65. The molecule has 1 aromatic rings. The molecule has 1 saturated heterocycles. The van der Waals surface area contributed by atoms with E-state index in [2.05, 4.69) is 64.3 Å². The van der Waals surface area contributed by atoms with E-state index in [9.17, 15) is 0 Å². The predicted octanol–water partition coefficient (Wildman–Crippen LogP) is 3.42. The lowest BCUT2D eigenvalue weighted by atomic mass is 10.0. The van der Waals surface area contributed by atoms with Gasteiger partial charge in [-0.1, -0.05) is 12.1 Å². The van der Waals surface area contributed by atoms with Crippen molar-refractivity contribution in [3.63, 3.8) is 0 Å². The molecule has 17 heavy (non-hydrogen) atoms. The normalized spacial score (nSPS) is 20.8. The highest BCUT2D eigenvalue weighted by Crippen LogP contribution is 2.27. The molecule has 0 amide bonds. The molecule has 0 bridgehead atoms. The first kappa shape index (κ1) is 12.9. The van der Waals surface area contributed by atoms with E-state index in [4.69, 9.17) is 0 Å². The van der Waals surface area contributed by atoms with Gasteiger partial charge in [-0.15, -0.1) is 0 Å². The molecule has 1 heterocycles. The molecule has 94 valence electrons. The average Bonchev–Trinajstić information content (AvgIpc) is 2.25. The molecule has 1 aliphatic heterocycles. The topological polar surface area (TPSA) is 15.3 Å². The Hall–Kier alpha value is -0.540. The molecule has 3 heteroatoms. The Morgan fingerprint density at radius 2 is 2.00 bits per heavy atom. The van der Waals surface area contributed by atoms with Gasteiger partial charge < -0.3 is 10.2 Å². The van der Waals surface area contributed by atoms with Gasteiger partial charge in [-0.3, -0.25) is 0 Å². The lowest BCUT2D eigenvalue weighted by Gasteiger charge is -2.37. The lowest BCUT2D eigenvalue weighted by molar-refractivity contribution is 0.364. The van der Waals surface area contributed by atoms with Gasteiger partial charge in [0.15, 0.2) is 0 Å². The first-order valence-electron chi connectivity index (χ1n) is 6.33. The molecule has 0 radical (unpaired) electrons. The van der Waals surface area contributed by atoms with E-state index < -0.39 is 0 Å². The van der Waals surface area contributed by atoms with E-state index in [-0.39, 0.29) is 5.54 Å². The highest BCUT2D eigenvalue weighted by Gasteiger charge is 2.23. The fourth-order valence-corrected chi connectivity index (χ4v) is 2.92. The van der Waals surface area contributed by atoms with E-state index in [0.29, 0.717) is 0 Å². The molecule has 0 unspecified atom stereocenters. The first-order chi connectivity index (χ1) is 8.08. The van der Waals surface area contributed by atoms with Gasteiger partial charge in [-0.2, -0.15) is 0 Å². The second-order valence-electron chi connectivity index (χ2n) is 5.39. The van der Waals surface area contributed by atoms with Gasteiger partial charge in [0, 0.05) is 23.1 Å². The Bertz CT molecular complexity index is 376. The van der Waals surface area contributed by atoms with E-state index in [1.807, 2.05) is 0 Å². The molecule has 1 aliphatic rings. The highest BCUT2D eigenvalue weighted by molar-refractivity contribution is 9.10. The molecule has 1 fully saturated rings. The third-order valence-electron chi connectivity index (χ3n) is 3.24. The number of nitrogens with one attached hydrogen (secondary N) is 1. The summed E-state index contributed by atoms with van der Waals surface area (Å²) in [6.45, 7) is 7.89. The van der Waals surface area contributed by atoms with E-state index in [1.165, 1.54) is 23.0 Å². The molecular formula is C14H21BrN2. The first-order valence-corrected chi connectivity index (χ1v) is 7.12. The van der Waals surface area contributed by atoms with Gasteiger partial charge in [0.05, 0.1) is 5.69 Å². The van der Waals surface area contributed by atoms with Gasteiger partial charge in [0.1, 0.15) is 0 Å². The second kappa shape index (κ2) is 5.40. The number of hydrogen-bond acceptors (Lipinski definition) is 2. The maximum atomic E-state index is 3.65. The molecule has 0 aliphatic carbocycles. The highest BCUT2D eigenvalue weighted by atomic mass is 79.9. The maximum Gasteiger partial charge on any atom is 0.0511 e. The van der Waals surface area contributed by atoms with Crippen LogP contribution in [-0.4, -0.2) is 25.2 Å². The van der Waals surface area contributed by atoms with Crippen LogP contribution in [0.4, 0.5) is 5.69 Å². The molecule has 1 N–H and O–H groups in total. The number of nitrogens with zero attached hydrogens (tertiary/aromatic N) is 1. The van der Waals surface area contributed by atoms with Crippen LogP contribution < -0.4 is 10.2 Å². The van der Waals surface area contributed by atoms with Gasteiger partial charge >= 0.3 is 0 Å². The van der Waals surface area contributed by atoms with Crippen molar-refractivity contribution in [3.8, 4) is 0 Å². The Balaban J connectivity index is 2.20. The number of hydrogen-bond donors (Lipinski definition) is 1. The summed E-state index contributed by atoms with van der Waals surface area (Å²) in [4.78, 5) is 2.48. The summed E-state index contributed by atoms with van der Waals surface area (Å²) in [5.74, 6) is 0. The molecule has 1 aromatic carbocycles. The minimum Gasteiger partial charge on any atom is -0.369 e. The second-order valence-corrected chi connectivity index (χ2v) is 6.25. The Morgan fingerprint density at radius 3 is 2.76 bits per heavy atom. The summed E-state index contributed by atoms with van der Waals surface area (Å²) in [5.41, 5.74) is 1.49. The number of anilines is 1. The minimum absolute atomic E-state index is 0.176. The minimum atomic E-state index is 0.176. The molecule has 2 nitrogen and oxygen atoms in total. The van der Waals surface area contributed by atoms with E-state index >= 15 is 0 Å². The van der Waals surface area contributed by atoms with Crippen molar-refractivity contribution >= 4 is 21.6 Å². The van der Waals surface area contributed by atoms with Gasteiger partial charge in [-0.05, 0) is 61.3 Å². The standard InChI is InChI=1S/C14H21BrN2/c1-14(2)11-17(10-6-5-9-16-14)13-8-4-3-7-12(13)15/h3-4,7-8,16H,5-6,9-11H2,1-2H3. The zero-order valence-corrected chi connectivity index (χ0v) is 12.3. The SMILES string of the molecule is CC1(C)CN(c2ccccc2Br)CCCCN1. The van der Waals surface area contributed by atoms with Crippen LogP contribution in [-0.2, 0) is 0 Å². The molecular weight excluding hydrogens is 276 g/mol. The number of benzene rings is 1. The summed E-state index contributed by atoms with van der Waals surface area (Å²) in [6.07, 6.45) is 2.51. The monoisotopic (exact) mass is 296 g/mol. The van der Waals surface area contributed by atoms with Crippen LogP contribution in [0.2, 0.25) is 0 Å². The van der Waals surface area contributed by atoms with Crippen LogP contribution in [0.5, 0.6) is 0 Å². The number of halogens is 1. The lowest BCUT2D eigenvalue weighted by Crippen LogP contribution is -2.51. The van der Waals surface area contributed by atoms with Gasteiger partial charge in [0.2, 0.25) is 0 Å². The Morgan fingerprint density at radius 1 is 1.24 bits per heavy atom. The van der Waals surface area contributed by atoms with Crippen LogP contribution >= 0.6 is 15.9 Å². The van der Waals surface area contributed by atoms with Crippen molar-refractivity contribution in [2.75, 3.05) is 24.5 Å². The summed E-state index contributed by atoms with van der Waals surface area (Å²) < 4.78 is 1.19. The molecule has 0 spiro atoms. The van der Waals surface area contributed by atoms with Crippen molar-refractivity contribution in [2.24, 2.45) is 0 Å². The number of para-hydroxylation sites is 1. The third kappa shape index (κ3) is 3.46. The van der Waals surface area contributed by atoms with Crippen LogP contribution in [0, 0.1) is 0 Å². The van der Waals surface area contributed by atoms with Crippen LogP contribution in [0.25, 0.3) is 0 Å². The van der Waals surface area contributed by atoms with E-state index in [1.54, 1.807) is 0 Å². The van der Waals surface area contributed by atoms with Crippen molar-refractivity contribution in [2.45, 2.75) is 32.2 Å². The maximum absolute atomic E-state index is 3.65. The quantitative estimate of drug-likeness (QED) is 0.854. The van der Waals surface area contributed by atoms with Crippen molar-refractivity contribution in [1.29, 1.82) is 0 Å². The zero-order valence-electron chi connectivity index (χ0n) is 10.7. The van der Waals surface area contributed by atoms with Crippen LogP contribution in [0.1, 0.15) is 26.7 Å². The summed E-state index contributed by atoms with van der Waals surface area (Å²) in [7, 11) is 0.